The van der Waals surface area contributed by atoms with Crippen LogP contribution in [0.1, 0.15) is 32.1 Å². The molecule has 0 unspecified atom stereocenters. The van der Waals surface area contributed by atoms with Crippen LogP contribution in [0.3, 0.4) is 0 Å². The predicted molar refractivity (Wildman–Crippen MR) is 140 cm³/mol. The van der Waals surface area contributed by atoms with E-state index in [0.29, 0.717) is 17.1 Å². The van der Waals surface area contributed by atoms with Crippen LogP contribution in [0.5, 0.6) is 0 Å². The molecule has 1 aliphatic heterocycles. The zero-order chi connectivity index (χ0) is 24.3. The average Bonchev–Trinajstić information content (AvgIpc) is 2.94. The quantitative estimate of drug-likeness (QED) is 0.562. The number of pyridine rings is 2. The van der Waals surface area contributed by atoms with Crippen LogP contribution in [-0.4, -0.2) is 57.2 Å². The summed E-state index contributed by atoms with van der Waals surface area (Å²) in [4.78, 5) is 31.1. The van der Waals surface area contributed by atoms with Gasteiger partial charge in [0.15, 0.2) is 0 Å². The molecule has 1 saturated heterocycles. The Kier molecular flexibility index (Phi) is 6.61. The Labute approximate surface area is 210 Å². The minimum atomic E-state index is -0.159. The number of rotatable bonds is 5. The Hall–Kier alpha value is -3.36. The van der Waals surface area contributed by atoms with Crippen molar-refractivity contribution in [1.82, 2.24) is 24.8 Å². The number of anilines is 1. The molecule has 6 rings (SSSR count). The van der Waals surface area contributed by atoms with Gasteiger partial charge in [-0.05, 0) is 67.5 Å². The van der Waals surface area contributed by atoms with Crippen LogP contribution in [-0.2, 0) is 4.74 Å². The molecule has 0 radical (unpaired) electrons. The fraction of sp³-hybridized carbons (Fsp3) is 0.429. The van der Waals surface area contributed by atoms with Crippen LogP contribution in [0.2, 0.25) is 0 Å². The van der Waals surface area contributed by atoms with Crippen LogP contribution in [0.4, 0.5) is 5.82 Å². The molecular formula is C28H32N6O2. The maximum atomic E-state index is 12.7. The number of hydrogen-bond acceptors (Lipinski definition) is 7. The maximum absolute atomic E-state index is 12.7. The van der Waals surface area contributed by atoms with Crippen LogP contribution < -0.4 is 10.9 Å². The van der Waals surface area contributed by atoms with Gasteiger partial charge in [0.2, 0.25) is 0 Å². The summed E-state index contributed by atoms with van der Waals surface area (Å²) in [6.45, 7) is 3.93. The van der Waals surface area contributed by atoms with Gasteiger partial charge >= 0.3 is 0 Å². The van der Waals surface area contributed by atoms with E-state index in [4.69, 9.17) is 9.72 Å². The minimum Gasteiger partial charge on any atom is -0.379 e. The summed E-state index contributed by atoms with van der Waals surface area (Å²) in [5.74, 6) is 1.86. The van der Waals surface area contributed by atoms with Crippen molar-refractivity contribution in [2.24, 2.45) is 11.8 Å². The number of H-pyrrole nitrogens is 1. The van der Waals surface area contributed by atoms with E-state index in [1.165, 1.54) is 32.0 Å². The summed E-state index contributed by atoms with van der Waals surface area (Å²) >= 11 is 0. The molecule has 0 amide bonds. The van der Waals surface area contributed by atoms with E-state index >= 15 is 0 Å². The second-order valence-corrected chi connectivity index (χ2v) is 10.0. The van der Waals surface area contributed by atoms with Crippen LogP contribution in [0.15, 0.2) is 65.8 Å². The van der Waals surface area contributed by atoms with Gasteiger partial charge in [-0.25, -0.2) is 15.0 Å². The number of fused-ring (bicyclic) bond motifs is 1. The highest BCUT2D eigenvalue weighted by Crippen LogP contribution is 2.37. The molecule has 3 aromatic heterocycles. The molecule has 3 aliphatic rings. The van der Waals surface area contributed by atoms with Gasteiger partial charge in [0.25, 0.3) is 5.56 Å². The highest BCUT2D eigenvalue weighted by atomic mass is 16.5. The Morgan fingerprint density at radius 1 is 1.08 bits per heavy atom. The Balaban J connectivity index is 1.16. The Morgan fingerprint density at radius 2 is 1.89 bits per heavy atom. The first-order valence-corrected chi connectivity index (χ1v) is 13.0. The van der Waals surface area contributed by atoms with Crippen molar-refractivity contribution in [2.45, 2.75) is 38.1 Å². The van der Waals surface area contributed by atoms with Gasteiger partial charge < -0.3 is 15.0 Å². The lowest BCUT2D eigenvalue weighted by Gasteiger charge is -2.40. The third kappa shape index (κ3) is 4.83. The molecule has 2 fully saturated rings. The van der Waals surface area contributed by atoms with Crippen molar-refractivity contribution in [1.29, 1.82) is 0 Å². The summed E-state index contributed by atoms with van der Waals surface area (Å²) in [6.07, 6.45) is 19.5. The fourth-order valence-corrected chi connectivity index (χ4v) is 5.94. The smallest absolute Gasteiger partial charge is 0.259 e. The molecule has 2 aliphatic carbocycles. The molecule has 1 saturated carbocycles. The van der Waals surface area contributed by atoms with Crippen molar-refractivity contribution in [3.63, 3.8) is 0 Å². The summed E-state index contributed by atoms with van der Waals surface area (Å²) in [6, 6.07) is 4.53. The normalized spacial score (nSPS) is 25.0. The number of ether oxygens (including phenoxy) is 1. The zero-order valence-electron chi connectivity index (χ0n) is 20.4. The van der Waals surface area contributed by atoms with Crippen molar-refractivity contribution in [3.05, 3.63) is 71.3 Å². The van der Waals surface area contributed by atoms with Crippen LogP contribution in [0, 0.1) is 11.8 Å². The van der Waals surface area contributed by atoms with Crippen molar-refractivity contribution < 1.29 is 4.74 Å². The molecule has 8 nitrogen and oxygen atoms in total. The van der Waals surface area contributed by atoms with Gasteiger partial charge in [0, 0.05) is 49.0 Å². The number of hydrogen-bond donors (Lipinski definition) is 2. The molecule has 2 N–H and O–H groups in total. The molecule has 0 bridgehead atoms. The molecule has 3 aromatic rings. The molecular weight excluding hydrogens is 452 g/mol. The topological polar surface area (TPSA) is 96.0 Å². The first kappa shape index (κ1) is 23.1. The van der Waals surface area contributed by atoms with Gasteiger partial charge in [-0.1, -0.05) is 12.2 Å². The highest BCUT2D eigenvalue weighted by Gasteiger charge is 2.30. The maximum Gasteiger partial charge on any atom is 0.259 e. The van der Waals surface area contributed by atoms with Gasteiger partial charge in [-0.2, -0.15) is 0 Å². The van der Waals surface area contributed by atoms with Gasteiger partial charge in [0.05, 0.1) is 24.3 Å². The van der Waals surface area contributed by atoms with E-state index in [1.807, 2.05) is 12.1 Å². The molecule has 0 spiro atoms. The van der Waals surface area contributed by atoms with E-state index in [2.05, 4.69) is 43.4 Å². The highest BCUT2D eigenvalue weighted by molar-refractivity contribution is 5.94. The lowest BCUT2D eigenvalue weighted by Crippen LogP contribution is -2.45. The fourth-order valence-electron chi connectivity index (χ4n) is 5.94. The third-order valence-corrected chi connectivity index (χ3v) is 7.92. The summed E-state index contributed by atoms with van der Waals surface area (Å²) < 4.78 is 5.53. The van der Waals surface area contributed by atoms with E-state index in [-0.39, 0.29) is 5.56 Å². The van der Waals surface area contributed by atoms with Gasteiger partial charge in [0.1, 0.15) is 12.1 Å². The average molecular weight is 485 g/mol. The van der Waals surface area contributed by atoms with E-state index in [0.717, 1.165) is 67.0 Å². The number of aromatic nitrogens is 4. The predicted octanol–water partition coefficient (Wildman–Crippen LogP) is 4.14. The summed E-state index contributed by atoms with van der Waals surface area (Å²) in [7, 11) is 0. The molecule has 1 atom stereocenters. The van der Waals surface area contributed by atoms with Crippen molar-refractivity contribution in [2.75, 3.05) is 31.6 Å². The lowest BCUT2D eigenvalue weighted by molar-refractivity contribution is 0.00331. The third-order valence-electron chi connectivity index (χ3n) is 7.92. The Morgan fingerprint density at radius 3 is 2.64 bits per heavy atom. The van der Waals surface area contributed by atoms with Crippen molar-refractivity contribution in [3.8, 4) is 11.3 Å². The standard InChI is InChI=1S/C28H32N6O2/c35-28-26-21(9-10-31-28)15-25(22-16-29-18-30-17-22)33-27(26)32-23-5-1-19(2-6-23)20-3-7-24(8-4-20)34-11-13-36-14-12-34/h1,5-6,9-10,15-20,24H,2-4,7-8,11-14H2,(H,31,35)(H,32,33)/t19-,20?,24?/m0/s1. The second-order valence-electron chi connectivity index (χ2n) is 10.0. The number of morpholine rings is 1. The molecule has 8 heteroatoms. The number of nitrogens with one attached hydrogen (secondary N) is 2. The van der Waals surface area contributed by atoms with E-state index < -0.39 is 0 Å². The second kappa shape index (κ2) is 10.3. The number of aromatic amines is 1. The van der Waals surface area contributed by atoms with Crippen LogP contribution >= 0.6 is 0 Å². The van der Waals surface area contributed by atoms with Crippen molar-refractivity contribution >= 4 is 16.6 Å². The van der Waals surface area contributed by atoms with Crippen LogP contribution in [0.25, 0.3) is 22.0 Å². The van der Waals surface area contributed by atoms with E-state index in [9.17, 15) is 4.79 Å². The summed E-state index contributed by atoms with van der Waals surface area (Å²) in [5.41, 5.74) is 2.36. The first-order valence-electron chi connectivity index (χ1n) is 13.0. The molecule has 0 aromatic carbocycles. The number of nitrogens with zero attached hydrogens (tertiary/aromatic N) is 4. The SMILES string of the molecule is O=c1[nH]ccc2cc(-c3cncnc3)nc(NC3=CC[C@@H](C4CCC(N5CCOCC5)CC4)C=C3)c12. The molecule has 186 valence electrons. The van der Waals surface area contributed by atoms with Gasteiger partial charge in [-0.15, -0.1) is 0 Å². The number of allylic oxidation sites excluding steroid dienone is 3. The minimum absolute atomic E-state index is 0.159. The van der Waals surface area contributed by atoms with Gasteiger partial charge in [-0.3, -0.25) is 9.69 Å². The molecule has 36 heavy (non-hydrogen) atoms. The molecule has 4 heterocycles. The zero-order valence-corrected chi connectivity index (χ0v) is 20.4. The Bertz CT molecular complexity index is 1320. The lowest BCUT2D eigenvalue weighted by atomic mass is 9.75. The first-order chi connectivity index (χ1) is 17.7. The van der Waals surface area contributed by atoms with E-state index in [1.54, 1.807) is 18.6 Å². The summed E-state index contributed by atoms with van der Waals surface area (Å²) in [5, 5.41) is 4.81. The monoisotopic (exact) mass is 484 g/mol. The largest absolute Gasteiger partial charge is 0.379 e.